The second-order valence-electron chi connectivity index (χ2n) is 0. The Kier molecular flexibility index (Phi) is 93.4. The first-order valence-corrected chi connectivity index (χ1v) is 0. The molecule has 0 aromatic carbocycles. The van der Waals surface area contributed by atoms with E-state index in [4.69, 9.17) is 0 Å². The average Bonchev–Trinajstić information content (AvgIpc) is 0. The van der Waals surface area contributed by atoms with Crippen molar-refractivity contribution in [2.45, 2.75) is 0 Å². The summed E-state index contributed by atoms with van der Waals surface area (Å²) in [6.07, 6.45) is 0. The molecule has 0 fully saturated rings. The predicted molar refractivity (Wildman–Crippen MR) is 9.94 cm³/mol. The molecule has 0 saturated carbocycles. The van der Waals surface area contributed by atoms with Gasteiger partial charge in [0.05, 0.1) is 0 Å². The fourth-order valence-electron chi connectivity index (χ4n) is 0. The largest absolute Gasteiger partial charge is 0.187 e. The van der Waals surface area contributed by atoms with Gasteiger partial charge in [0.1, 0.15) is 0 Å². The minimum Gasteiger partial charge on any atom is 0 e. The van der Waals surface area contributed by atoms with Crippen molar-refractivity contribution in [2.75, 3.05) is 0 Å². The van der Waals surface area contributed by atoms with Crippen LogP contribution in [0.3, 0.4) is 0 Å². The van der Waals surface area contributed by atoms with E-state index in [0.29, 0.717) is 0 Å². The van der Waals surface area contributed by atoms with Gasteiger partial charge < -0.3 is 0 Å². The molecule has 0 aliphatic heterocycles. The zero-order valence-corrected chi connectivity index (χ0v) is 9.68. The molecule has 0 atom stereocenters. The molecule has 0 rings (SSSR count). The summed E-state index contributed by atoms with van der Waals surface area (Å²) < 4.78 is 0. The van der Waals surface area contributed by atoms with Crippen LogP contribution in [0.25, 0.3) is 0 Å². The van der Waals surface area contributed by atoms with Crippen molar-refractivity contribution in [2.24, 2.45) is 0 Å². The van der Waals surface area contributed by atoms with Gasteiger partial charge in [-0.1, -0.05) is 0 Å². The van der Waals surface area contributed by atoms with E-state index in [2.05, 4.69) is 0 Å². The van der Waals surface area contributed by atoms with Gasteiger partial charge >= 0.3 is 0 Å². The van der Waals surface area contributed by atoms with E-state index >= 15 is 0 Å². The van der Waals surface area contributed by atoms with E-state index in [9.17, 15) is 0 Å². The molecule has 0 saturated heterocycles. The number of rotatable bonds is 0. The van der Waals surface area contributed by atoms with Crippen LogP contribution in [0.4, 0.5) is 0 Å². The van der Waals surface area contributed by atoms with Crippen molar-refractivity contribution >= 4 is 17.4 Å². The van der Waals surface area contributed by atoms with Crippen LogP contribution in [0, 0.1) is 81.7 Å². The monoisotopic (exact) mass is 417 g/mol. The van der Waals surface area contributed by atoms with Crippen LogP contribution >= 0.6 is 0 Å². The molecular formula is H3AlCeGdY. The first-order chi connectivity index (χ1) is 0. The van der Waals surface area contributed by atoms with Crippen LogP contribution in [-0.2, 0) is 32.7 Å². The third kappa shape index (κ3) is 9.60. The molecule has 0 bridgehead atoms. The summed E-state index contributed by atoms with van der Waals surface area (Å²) in [5.41, 5.74) is 0. The van der Waals surface area contributed by atoms with Gasteiger partial charge in [-0.3, -0.25) is 0 Å². The van der Waals surface area contributed by atoms with E-state index in [1.807, 2.05) is 0 Å². The molecule has 4 heavy (non-hydrogen) atoms. The van der Waals surface area contributed by atoms with Crippen molar-refractivity contribution < 1.29 is 114 Å². The topological polar surface area (TPSA) is 0 Å². The summed E-state index contributed by atoms with van der Waals surface area (Å²) in [6.45, 7) is 0. The van der Waals surface area contributed by atoms with Gasteiger partial charge in [0.25, 0.3) is 0 Å². The molecule has 0 spiro atoms. The fraction of sp³-hybridized carbons (Fsp3) is 0. The van der Waals surface area contributed by atoms with Gasteiger partial charge in [-0.05, 0) is 0 Å². The molecule has 0 aromatic rings. The van der Waals surface area contributed by atoms with Crippen LogP contribution in [0.1, 0.15) is 0 Å². The van der Waals surface area contributed by atoms with E-state index in [0.717, 1.165) is 0 Å². The van der Waals surface area contributed by atoms with Gasteiger partial charge in [0, 0.05) is 114 Å². The van der Waals surface area contributed by atoms with Crippen LogP contribution in [-0.4, -0.2) is 17.4 Å². The fourth-order valence-corrected chi connectivity index (χ4v) is 0. The van der Waals surface area contributed by atoms with Gasteiger partial charge in [0.2, 0.25) is 0 Å². The Bertz CT molecular complexity index is 8.00. The maximum atomic E-state index is 0. The Morgan fingerprint density at radius 1 is 1.00 bits per heavy atom. The number of hydrogen-bond acceptors (Lipinski definition) is 0. The van der Waals surface area contributed by atoms with Crippen LogP contribution in [0.5, 0.6) is 0 Å². The SMILES string of the molecule is [AlH3].[Ce].[Gd].[Y]. The Balaban J connectivity index is 0. The van der Waals surface area contributed by atoms with Gasteiger partial charge in [-0.25, -0.2) is 0 Å². The minimum atomic E-state index is 0. The summed E-state index contributed by atoms with van der Waals surface area (Å²) in [5.74, 6) is 0. The first-order valence-electron chi connectivity index (χ1n) is 0. The second-order valence-corrected chi connectivity index (χ2v) is 0. The summed E-state index contributed by atoms with van der Waals surface area (Å²) in [5, 5.41) is 0. The van der Waals surface area contributed by atoms with Gasteiger partial charge in [-0.15, -0.1) is 0 Å². The van der Waals surface area contributed by atoms with Crippen LogP contribution in [0.2, 0.25) is 0 Å². The molecule has 0 aliphatic rings. The maximum absolute atomic E-state index is 0. The van der Waals surface area contributed by atoms with Crippen molar-refractivity contribution in [1.29, 1.82) is 0 Å². The number of hydrogen-bond donors (Lipinski definition) is 0. The molecule has 0 aromatic heterocycles. The Morgan fingerprint density at radius 3 is 1.00 bits per heavy atom. The molecule has 0 unspecified atom stereocenters. The molecule has 0 amide bonds. The van der Waals surface area contributed by atoms with E-state index in [1.165, 1.54) is 0 Å². The molecule has 0 N–H and O–H groups in total. The molecule has 0 heterocycles. The van der Waals surface area contributed by atoms with Gasteiger partial charge in [0.15, 0.2) is 17.4 Å². The Hall–Kier alpha value is 4.34. The zero-order chi connectivity index (χ0) is 0. The first kappa shape index (κ1) is 23.9. The maximum Gasteiger partial charge on any atom is 0.187 e. The summed E-state index contributed by atoms with van der Waals surface area (Å²) in [6, 6.07) is 0. The third-order valence-electron chi connectivity index (χ3n) is 0. The normalized spacial score (nSPS) is 0. The van der Waals surface area contributed by atoms with Crippen molar-refractivity contribution in [1.82, 2.24) is 0 Å². The molecule has 4 heteroatoms. The summed E-state index contributed by atoms with van der Waals surface area (Å²) in [7, 11) is 0. The molecule has 0 nitrogen and oxygen atoms in total. The van der Waals surface area contributed by atoms with Crippen LogP contribution < -0.4 is 0 Å². The molecule has 1 radical (unpaired) electrons. The van der Waals surface area contributed by atoms with Gasteiger partial charge in [-0.2, -0.15) is 0 Å². The molecular weight excluding hydrogens is 413 g/mol. The van der Waals surface area contributed by atoms with Crippen LogP contribution in [0.15, 0.2) is 0 Å². The quantitative estimate of drug-likeness (QED) is 0.436. The standard InChI is InChI=1S/Al.Ce.Gd.Y.3H. The summed E-state index contributed by atoms with van der Waals surface area (Å²) >= 11 is 0. The molecule has 0 aliphatic carbocycles. The predicted octanol–water partition coefficient (Wildman–Crippen LogP) is -1.19. The smallest absolute Gasteiger partial charge is 0 e. The van der Waals surface area contributed by atoms with E-state index in [1.54, 1.807) is 0 Å². The van der Waals surface area contributed by atoms with E-state index in [-0.39, 0.29) is 132 Å². The third-order valence-corrected chi connectivity index (χ3v) is 0. The Morgan fingerprint density at radius 2 is 1.00 bits per heavy atom. The van der Waals surface area contributed by atoms with Crippen molar-refractivity contribution in [3.8, 4) is 0 Å². The Labute approximate surface area is 128 Å². The molecule has 21 valence electrons. The minimum absolute atomic E-state index is 0. The second kappa shape index (κ2) is 15.7. The zero-order valence-electron chi connectivity index (χ0n) is 1.43. The van der Waals surface area contributed by atoms with Crippen molar-refractivity contribution in [3.63, 3.8) is 0 Å². The van der Waals surface area contributed by atoms with E-state index < -0.39 is 0 Å². The summed E-state index contributed by atoms with van der Waals surface area (Å²) in [4.78, 5) is 0. The average molecular weight is 416 g/mol. The van der Waals surface area contributed by atoms with Crippen molar-refractivity contribution in [3.05, 3.63) is 0 Å².